The lowest BCUT2D eigenvalue weighted by molar-refractivity contribution is -0.150. The van der Waals surface area contributed by atoms with Gasteiger partial charge in [-0.25, -0.2) is 4.79 Å². The molecule has 0 saturated carbocycles. The second-order valence-electron chi connectivity index (χ2n) is 6.41. The van der Waals surface area contributed by atoms with Crippen molar-refractivity contribution in [2.45, 2.75) is 51.2 Å². The average molecular weight is 346 g/mol. The molecule has 7 nitrogen and oxygen atoms in total. The van der Waals surface area contributed by atoms with Crippen LogP contribution in [-0.4, -0.2) is 41.6 Å². The van der Waals surface area contributed by atoms with Gasteiger partial charge in [-0.1, -0.05) is 6.92 Å². The van der Waals surface area contributed by atoms with Crippen LogP contribution in [0.15, 0.2) is 18.2 Å². The van der Waals surface area contributed by atoms with Crippen LogP contribution in [0.3, 0.4) is 0 Å². The van der Waals surface area contributed by atoms with Gasteiger partial charge >= 0.3 is 5.97 Å². The SMILES string of the molecule is CCCN1C(=O)CCc2cc(NC(=O)[C@@H]3CC[C@H](C(=O)O)O3)ccc21. The van der Waals surface area contributed by atoms with Crippen LogP contribution in [0.4, 0.5) is 11.4 Å². The molecule has 7 heteroatoms. The number of carboxylic acids is 1. The zero-order valence-electron chi connectivity index (χ0n) is 14.2. The molecule has 3 rings (SSSR count). The van der Waals surface area contributed by atoms with Crippen LogP contribution in [0, 0.1) is 0 Å². The summed E-state index contributed by atoms with van der Waals surface area (Å²) in [5.74, 6) is -1.24. The summed E-state index contributed by atoms with van der Waals surface area (Å²) in [6.07, 6.45) is 1.09. The number of aliphatic carboxylic acids is 1. The Balaban J connectivity index is 1.69. The molecule has 2 N–H and O–H groups in total. The third kappa shape index (κ3) is 3.66. The molecule has 0 radical (unpaired) electrons. The Hall–Kier alpha value is -2.41. The van der Waals surface area contributed by atoms with Gasteiger partial charge in [0.15, 0.2) is 6.10 Å². The molecule has 0 aromatic heterocycles. The van der Waals surface area contributed by atoms with E-state index in [2.05, 4.69) is 5.32 Å². The number of benzene rings is 1. The molecule has 2 heterocycles. The lowest BCUT2D eigenvalue weighted by Gasteiger charge is -2.29. The molecule has 1 fully saturated rings. The van der Waals surface area contributed by atoms with Gasteiger partial charge in [-0.15, -0.1) is 0 Å². The van der Waals surface area contributed by atoms with Crippen molar-refractivity contribution in [2.24, 2.45) is 0 Å². The van der Waals surface area contributed by atoms with Gasteiger partial charge < -0.3 is 20.1 Å². The minimum absolute atomic E-state index is 0.130. The third-order valence-electron chi connectivity index (χ3n) is 4.58. The van der Waals surface area contributed by atoms with Crippen molar-refractivity contribution in [1.29, 1.82) is 0 Å². The van der Waals surface area contributed by atoms with Crippen molar-refractivity contribution >= 4 is 29.2 Å². The molecule has 25 heavy (non-hydrogen) atoms. The molecule has 2 aliphatic rings. The number of nitrogens with one attached hydrogen (secondary N) is 1. The molecule has 0 aliphatic carbocycles. The summed E-state index contributed by atoms with van der Waals surface area (Å²) < 4.78 is 5.27. The fraction of sp³-hybridized carbons (Fsp3) is 0.500. The van der Waals surface area contributed by atoms with Crippen LogP contribution in [0.2, 0.25) is 0 Å². The first kappa shape index (κ1) is 17.4. The van der Waals surface area contributed by atoms with Crippen molar-refractivity contribution in [1.82, 2.24) is 0 Å². The monoisotopic (exact) mass is 346 g/mol. The van der Waals surface area contributed by atoms with Crippen molar-refractivity contribution in [3.63, 3.8) is 0 Å². The number of aryl methyl sites for hydroxylation is 1. The van der Waals surface area contributed by atoms with Crippen LogP contribution >= 0.6 is 0 Å². The van der Waals surface area contributed by atoms with Crippen molar-refractivity contribution < 1.29 is 24.2 Å². The predicted molar refractivity (Wildman–Crippen MR) is 91.6 cm³/mol. The van der Waals surface area contributed by atoms with Gasteiger partial charge in [0.2, 0.25) is 5.91 Å². The number of amides is 2. The van der Waals surface area contributed by atoms with E-state index in [4.69, 9.17) is 9.84 Å². The number of ether oxygens (including phenoxy) is 1. The van der Waals surface area contributed by atoms with E-state index < -0.39 is 18.2 Å². The summed E-state index contributed by atoms with van der Waals surface area (Å²) in [5.41, 5.74) is 2.57. The van der Waals surface area contributed by atoms with Gasteiger partial charge in [0.05, 0.1) is 0 Å². The Kier molecular flexibility index (Phi) is 5.03. The maximum atomic E-state index is 12.3. The van der Waals surface area contributed by atoms with Crippen LogP contribution in [-0.2, 0) is 25.5 Å². The average Bonchev–Trinajstić information content (AvgIpc) is 3.08. The van der Waals surface area contributed by atoms with Crippen molar-refractivity contribution in [3.8, 4) is 0 Å². The second kappa shape index (κ2) is 7.23. The van der Waals surface area contributed by atoms with Crippen LogP contribution in [0.25, 0.3) is 0 Å². The second-order valence-corrected chi connectivity index (χ2v) is 6.41. The van der Waals surface area contributed by atoms with E-state index in [0.29, 0.717) is 37.9 Å². The minimum Gasteiger partial charge on any atom is -0.479 e. The molecule has 2 atom stereocenters. The van der Waals surface area contributed by atoms with E-state index in [1.807, 2.05) is 19.1 Å². The van der Waals surface area contributed by atoms with E-state index in [1.165, 1.54) is 0 Å². The van der Waals surface area contributed by atoms with Gasteiger partial charge in [-0.2, -0.15) is 0 Å². The fourth-order valence-electron chi connectivity index (χ4n) is 3.34. The van der Waals surface area contributed by atoms with E-state index >= 15 is 0 Å². The van der Waals surface area contributed by atoms with E-state index in [-0.39, 0.29) is 11.8 Å². The topological polar surface area (TPSA) is 95.9 Å². The quantitative estimate of drug-likeness (QED) is 0.849. The van der Waals surface area contributed by atoms with Gasteiger partial charge in [0.25, 0.3) is 5.91 Å². The molecule has 0 spiro atoms. The lowest BCUT2D eigenvalue weighted by atomic mass is 10.00. The maximum Gasteiger partial charge on any atom is 0.332 e. The van der Waals surface area contributed by atoms with E-state index in [1.54, 1.807) is 11.0 Å². The van der Waals surface area contributed by atoms with Crippen LogP contribution < -0.4 is 10.2 Å². The molecule has 2 amide bonds. The number of carbonyl (C=O) groups excluding carboxylic acids is 2. The zero-order valence-corrected chi connectivity index (χ0v) is 14.2. The standard InChI is InChI=1S/C18H22N2O5/c1-2-9-20-13-5-4-12(10-11(13)3-8-16(20)21)19-17(22)14-6-7-15(25-14)18(23)24/h4-5,10,14-15H,2-3,6-9H2,1H3,(H,19,22)(H,23,24)/t14-,15+/m0/s1. The number of nitrogens with zero attached hydrogens (tertiary/aromatic N) is 1. The van der Waals surface area contributed by atoms with Crippen molar-refractivity contribution in [2.75, 3.05) is 16.8 Å². The highest BCUT2D eigenvalue weighted by Gasteiger charge is 2.34. The van der Waals surface area contributed by atoms with Gasteiger partial charge in [0, 0.05) is 24.3 Å². The highest BCUT2D eigenvalue weighted by molar-refractivity contribution is 5.98. The Morgan fingerprint density at radius 1 is 1.28 bits per heavy atom. The summed E-state index contributed by atoms with van der Waals surface area (Å²) in [6.45, 7) is 2.71. The smallest absolute Gasteiger partial charge is 0.332 e. The predicted octanol–water partition coefficient (Wildman–Crippen LogP) is 1.95. The summed E-state index contributed by atoms with van der Waals surface area (Å²) in [4.78, 5) is 37.0. The first-order valence-corrected chi connectivity index (χ1v) is 8.62. The van der Waals surface area contributed by atoms with Gasteiger partial charge in [-0.05, 0) is 49.4 Å². The summed E-state index contributed by atoms with van der Waals surface area (Å²) >= 11 is 0. The summed E-state index contributed by atoms with van der Waals surface area (Å²) in [5, 5.41) is 11.7. The van der Waals surface area contributed by atoms with E-state index in [9.17, 15) is 14.4 Å². The van der Waals surface area contributed by atoms with E-state index in [0.717, 1.165) is 17.7 Å². The molecule has 0 unspecified atom stereocenters. The molecule has 2 aliphatic heterocycles. The first-order chi connectivity index (χ1) is 12.0. The Labute approximate surface area is 146 Å². The molecule has 1 saturated heterocycles. The van der Waals surface area contributed by atoms with Gasteiger partial charge in [-0.3, -0.25) is 9.59 Å². The maximum absolute atomic E-state index is 12.3. The zero-order chi connectivity index (χ0) is 18.0. The number of hydrogen-bond acceptors (Lipinski definition) is 4. The van der Waals surface area contributed by atoms with Crippen molar-refractivity contribution in [3.05, 3.63) is 23.8 Å². The molecule has 0 bridgehead atoms. The number of hydrogen-bond donors (Lipinski definition) is 2. The van der Waals surface area contributed by atoms with Gasteiger partial charge in [0.1, 0.15) is 6.10 Å². The molecular weight excluding hydrogens is 324 g/mol. The summed E-state index contributed by atoms with van der Waals surface area (Å²) in [7, 11) is 0. The fourth-order valence-corrected chi connectivity index (χ4v) is 3.34. The molecule has 1 aromatic carbocycles. The Morgan fingerprint density at radius 3 is 2.72 bits per heavy atom. The van der Waals surface area contributed by atoms with Crippen LogP contribution in [0.5, 0.6) is 0 Å². The normalized spacial score (nSPS) is 22.6. The third-order valence-corrected chi connectivity index (χ3v) is 4.58. The molecular formula is C18H22N2O5. The van der Waals surface area contributed by atoms with Crippen LogP contribution in [0.1, 0.15) is 38.2 Å². The molecule has 1 aromatic rings. The highest BCUT2D eigenvalue weighted by atomic mass is 16.5. The largest absolute Gasteiger partial charge is 0.479 e. The number of anilines is 2. The lowest BCUT2D eigenvalue weighted by Crippen LogP contribution is -2.35. The summed E-state index contributed by atoms with van der Waals surface area (Å²) in [6, 6.07) is 5.50. The molecule has 134 valence electrons. The number of carboxylic acid groups (broad SMARTS) is 1. The number of carbonyl (C=O) groups is 3. The highest BCUT2D eigenvalue weighted by Crippen LogP contribution is 2.31. The Morgan fingerprint density at radius 2 is 2.04 bits per heavy atom. The number of rotatable bonds is 5. The minimum atomic E-state index is -1.04. The Bertz CT molecular complexity index is 703. The first-order valence-electron chi connectivity index (χ1n) is 8.62. The number of fused-ring (bicyclic) bond motifs is 1.